The zero-order valence-corrected chi connectivity index (χ0v) is 17.6. The van der Waals surface area contributed by atoms with Crippen molar-refractivity contribution in [2.24, 2.45) is 5.92 Å². The number of amides is 1. The summed E-state index contributed by atoms with van der Waals surface area (Å²) in [5, 5.41) is 4.07. The second-order valence-electron chi connectivity index (χ2n) is 8.23. The van der Waals surface area contributed by atoms with E-state index in [-0.39, 0.29) is 17.5 Å². The molecule has 0 aliphatic carbocycles. The van der Waals surface area contributed by atoms with E-state index < -0.39 is 0 Å². The number of likely N-dealkylation sites (tertiary alicyclic amines) is 1. The van der Waals surface area contributed by atoms with Gasteiger partial charge in [-0.3, -0.25) is 9.69 Å². The van der Waals surface area contributed by atoms with Crippen LogP contribution in [0.5, 0.6) is 0 Å². The maximum Gasteiger partial charge on any atom is 0.336 e. The average molecular weight is 405 g/mol. The lowest BCUT2D eigenvalue weighted by molar-refractivity contribution is -0.126. The minimum absolute atomic E-state index is 0.0486. The zero-order chi connectivity index (χ0) is 21.1. The molecule has 0 unspecified atom stereocenters. The lowest BCUT2D eigenvalue weighted by Crippen LogP contribution is -2.40. The normalized spacial score (nSPS) is 15.4. The molecule has 1 aliphatic heterocycles. The molecule has 3 aromatic rings. The third-order valence-corrected chi connectivity index (χ3v) is 6.18. The van der Waals surface area contributed by atoms with Crippen molar-refractivity contribution in [3.63, 3.8) is 0 Å². The highest BCUT2D eigenvalue weighted by Gasteiger charge is 2.25. The van der Waals surface area contributed by atoms with Crippen molar-refractivity contribution in [1.82, 2.24) is 10.2 Å². The maximum absolute atomic E-state index is 12.5. The number of fused-ring (bicyclic) bond motifs is 1. The number of benzene rings is 2. The number of carbonyl (C=O) groups excluding carboxylic acids is 1. The van der Waals surface area contributed by atoms with Crippen LogP contribution in [-0.4, -0.2) is 23.9 Å². The largest absolute Gasteiger partial charge is 0.422 e. The Morgan fingerprint density at radius 2 is 1.83 bits per heavy atom. The summed E-state index contributed by atoms with van der Waals surface area (Å²) in [7, 11) is 0. The summed E-state index contributed by atoms with van der Waals surface area (Å²) in [4.78, 5) is 27.0. The molecule has 5 nitrogen and oxygen atoms in total. The van der Waals surface area contributed by atoms with Crippen LogP contribution in [-0.2, 0) is 17.9 Å². The van der Waals surface area contributed by atoms with E-state index in [1.54, 1.807) is 6.07 Å². The first-order valence-electron chi connectivity index (χ1n) is 10.6. The molecule has 0 radical (unpaired) electrons. The van der Waals surface area contributed by atoms with Gasteiger partial charge in [0.25, 0.3) is 0 Å². The quantitative estimate of drug-likeness (QED) is 0.655. The number of hydrogen-bond acceptors (Lipinski definition) is 4. The van der Waals surface area contributed by atoms with Crippen LogP contribution in [0.25, 0.3) is 11.0 Å². The Kier molecular flexibility index (Phi) is 6.00. The molecule has 1 fully saturated rings. The molecular formula is C25H28N2O3. The van der Waals surface area contributed by atoms with E-state index >= 15 is 0 Å². The highest BCUT2D eigenvalue weighted by atomic mass is 16.4. The van der Waals surface area contributed by atoms with Crippen LogP contribution in [0.2, 0.25) is 0 Å². The molecular weight excluding hydrogens is 376 g/mol. The minimum atomic E-state index is -0.304. The zero-order valence-electron chi connectivity index (χ0n) is 17.6. The summed E-state index contributed by atoms with van der Waals surface area (Å²) in [6.07, 6.45) is 1.66. The van der Waals surface area contributed by atoms with E-state index in [9.17, 15) is 9.59 Å². The first-order chi connectivity index (χ1) is 14.5. The molecule has 5 heteroatoms. The van der Waals surface area contributed by atoms with Crippen molar-refractivity contribution in [3.8, 4) is 0 Å². The Bertz CT molecular complexity index is 1100. The Morgan fingerprint density at radius 3 is 2.57 bits per heavy atom. The molecule has 0 atom stereocenters. The highest BCUT2D eigenvalue weighted by molar-refractivity contribution is 5.84. The van der Waals surface area contributed by atoms with Crippen LogP contribution >= 0.6 is 0 Å². The Labute approximate surface area is 176 Å². The molecule has 1 aromatic heterocycles. The summed E-state index contributed by atoms with van der Waals surface area (Å²) < 4.78 is 5.49. The number of nitrogens with one attached hydrogen (secondary N) is 1. The standard InChI is InChI=1S/C25H28N2O3/c1-17-8-9-22-21(14-23(28)30-24(22)18(17)2)16-27-12-10-20(11-13-27)25(29)26-15-19-6-4-3-5-7-19/h3-9,14,20H,10-13,15-16H2,1-2H3,(H,26,29). The summed E-state index contributed by atoms with van der Waals surface area (Å²) in [6.45, 7) is 6.97. The van der Waals surface area contributed by atoms with Crippen molar-refractivity contribution in [2.45, 2.75) is 39.8 Å². The molecule has 2 aromatic carbocycles. The number of carbonyl (C=O) groups is 1. The van der Waals surface area contributed by atoms with E-state index in [2.05, 4.69) is 16.3 Å². The van der Waals surface area contributed by atoms with E-state index in [1.807, 2.05) is 50.2 Å². The first kappa shape index (κ1) is 20.4. The van der Waals surface area contributed by atoms with Crippen LogP contribution in [0.15, 0.2) is 57.7 Å². The fourth-order valence-electron chi connectivity index (χ4n) is 4.18. The Morgan fingerprint density at radius 1 is 1.10 bits per heavy atom. The van der Waals surface area contributed by atoms with Gasteiger partial charge in [0.2, 0.25) is 5.91 Å². The van der Waals surface area contributed by atoms with E-state index in [4.69, 9.17) is 4.42 Å². The van der Waals surface area contributed by atoms with Gasteiger partial charge >= 0.3 is 5.63 Å². The van der Waals surface area contributed by atoms with Gasteiger partial charge in [-0.05, 0) is 62.0 Å². The number of nitrogens with zero attached hydrogens (tertiary/aromatic N) is 1. The molecule has 1 aliphatic rings. The van der Waals surface area contributed by atoms with Gasteiger partial charge < -0.3 is 9.73 Å². The fourth-order valence-corrected chi connectivity index (χ4v) is 4.18. The van der Waals surface area contributed by atoms with Gasteiger partial charge in [-0.2, -0.15) is 0 Å². The van der Waals surface area contributed by atoms with Crippen LogP contribution in [0.1, 0.15) is 35.1 Å². The van der Waals surface area contributed by atoms with Gasteiger partial charge in [-0.25, -0.2) is 4.79 Å². The predicted molar refractivity (Wildman–Crippen MR) is 118 cm³/mol. The van der Waals surface area contributed by atoms with Crippen molar-refractivity contribution in [3.05, 3.63) is 81.2 Å². The van der Waals surface area contributed by atoms with Gasteiger partial charge in [-0.15, -0.1) is 0 Å². The highest BCUT2D eigenvalue weighted by Crippen LogP contribution is 2.26. The van der Waals surface area contributed by atoms with Crippen LogP contribution in [0.4, 0.5) is 0 Å². The van der Waals surface area contributed by atoms with Crippen molar-refractivity contribution in [1.29, 1.82) is 0 Å². The first-order valence-corrected chi connectivity index (χ1v) is 10.6. The molecule has 30 heavy (non-hydrogen) atoms. The Hall–Kier alpha value is -2.92. The van der Waals surface area contributed by atoms with Gasteiger partial charge in [0.1, 0.15) is 5.58 Å². The number of hydrogen-bond donors (Lipinski definition) is 1. The van der Waals surface area contributed by atoms with Crippen molar-refractivity contribution >= 4 is 16.9 Å². The second kappa shape index (κ2) is 8.84. The second-order valence-corrected chi connectivity index (χ2v) is 8.23. The van der Waals surface area contributed by atoms with Crippen molar-refractivity contribution < 1.29 is 9.21 Å². The summed E-state index contributed by atoms with van der Waals surface area (Å²) in [5.41, 5.74) is 4.62. The molecule has 0 bridgehead atoms. The lowest BCUT2D eigenvalue weighted by atomic mass is 9.95. The number of aryl methyl sites for hydroxylation is 2. The molecule has 0 saturated carbocycles. The van der Waals surface area contributed by atoms with E-state index in [0.717, 1.165) is 53.6 Å². The summed E-state index contributed by atoms with van der Waals surface area (Å²) >= 11 is 0. The third kappa shape index (κ3) is 4.46. The fraction of sp³-hybridized carbons (Fsp3) is 0.360. The monoisotopic (exact) mass is 404 g/mol. The van der Waals surface area contributed by atoms with Gasteiger partial charge in [-0.1, -0.05) is 42.5 Å². The van der Waals surface area contributed by atoms with Gasteiger partial charge in [0.15, 0.2) is 0 Å². The molecule has 4 rings (SSSR count). The van der Waals surface area contributed by atoms with Gasteiger partial charge in [0, 0.05) is 30.5 Å². The molecule has 2 heterocycles. The van der Waals surface area contributed by atoms with Crippen molar-refractivity contribution in [2.75, 3.05) is 13.1 Å². The molecule has 1 amide bonds. The van der Waals surface area contributed by atoms with Crippen LogP contribution in [0.3, 0.4) is 0 Å². The van der Waals surface area contributed by atoms with E-state index in [1.165, 1.54) is 0 Å². The maximum atomic E-state index is 12.5. The molecule has 0 spiro atoms. The van der Waals surface area contributed by atoms with Crippen LogP contribution in [0, 0.1) is 19.8 Å². The molecule has 156 valence electrons. The SMILES string of the molecule is Cc1ccc2c(CN3CCC(C(=O)NCc4ccccc4)CC3)cc(=O)oc2c1C. The average Bonchev–Trinajstić information content (AvgIpc) is 2.76. The lowest BCUT2D eigenvalue weighted by Gasteiger charge is -2.31. The summed E-state index contributed by atoms with van der Waals surface area (Å²) in [6, 6.07) is 15.7. The smallest absolute Gasteiger partial charge is 0.336 e. The topological polar surface area (TPSA) is 62.6 Å². The van der Waals surface area contributed by atoms with E-state index in [0.29, 0.717) is 18.7 Å². The minimum Gasteiger partial charge on any atom is -0.422 e. The van der Waals surface area contributed by atoms with Crippen LogP contribution < -0.4 is 10.9 Å². The molecule has 1 saturated heterocycles. The predicted octanol–water partition coefficient (Wildman–Crippen LogP) is 3.94. The summed E-state index contributed by atoms with van der Waals surface area (Å²) in [5.74, 6) is 0.183. The Balaban J connectivity index is 1.38. The molecule has 1 N–H and O–H groups in total. The van der Waals surface area contributed by atoms with Gasteiger partial charge in [0.05, 0.1) is 0 Å². The third-order valence-electron chi connectivity index (χ3n) is 6.18. The number of rotatable bonds is 5. The number of piperidine rings is 1.